The van der Waals surface area contributed by atoms with Gasteiger partial charge in [-0.15, -0.1) is 0 Å². The summed E-state index contributed by atoms with van der Waals surface area (Å²) in [6.45, 7) is 1.10. The Balaban J connectivity index is 1.56. The number of carbonyl (C=O) groups excluding carboxylic acids is 1. The average molecular weight is 456 g/mol. The summed E-state index contributed by atoms with van der Waals surface area (Å²) in [4.78, 5) is 16.5. The lowest BCUT2D eigenvalue weighted by Gasteiger charge is -2.25. The minimum atomic E-state index is -3.50. The number of carbonyl (C=O) groups is 1. The molecule has 29 heavy (non-hydrogen) atoms. The van der Waals surface area contributed by atoms with Gasteiger partial charge in [0.15, 0.2) is 0 Å². The van der Waals surface area contributed by atoms with Gasteiger partial charge in [0.1, 0.15) is 10.6 Å². The molecule has 1 saturated heterocycles. The van der Waals surface area contributed by atoms with Gasteiger partial charge in [-0.2, -0.15) is 4.31 Å². The number of nitrogens with one attached hydrogen (secondary N) is 1. The summed E-state index contributed by atoms with van der Waals surface area (Å²) in [6.07, 6.45) is 4.18. The molecule has 1 amide bonds. The van der Waals surface area contributed by atoms with Crippen molar-refractivity contribution in [1.29, 1.82) is 0 Å². The van der Waals surface area contributed by atoms with Crippen LogP contribution in [0.1, 0.15) is 19.3 Å². The van der Waals surface area contributed by atoms with Gasteiger partial charge < -0.3 is 10.1 Å². The predicted molar refractivity (Wildman–Crippen MR) is 114 cm³/mol. The number of aromatic nitrogens is 1. The topological polar surface area (TPSA) is 88.6 Å². The summed E-state index contributed by atoms with van der Waals surface area (Å²) < 4.78 is 31.9. The number of thioether (sulfide) groups is 1. The highest BCUT2D eigenvalue weighted by molar-refractivity contribution is 7.99. The monoisotopic (exact) mass is 455 g/mol. The molecule has 0 aliphatic carbocycles. The SMILES string of the molecule is COc1ccc(NC(=O)CSc2ccc(S(=O)(=O)N3CCCCC3)cn2)cc1Cl. The fraction of sp³-hybridized carbons (Fsp3) is 0.368. The number of hydrogen-bond donors (Lipinski definition) is 1. The molecule has 2 aromatic rings. The molecule has 3 rings (SSSR count). The summed E-state index contributed by atoms with van der Waals surface area (Å²) in [5.41, 5.74) is 0.567. The number of amides is 1. The highest BCUT2D eigenvalue weighted by atomic mass is 35.5. The predicted octanol–water partition coefficient (Wildman–Crippen LogP) is 3.65. The Labute approximate surface area is 179 Å². The number of pyridine rings is 1. The Bertz CT molecular complexity index is 962. The van der Waals surface area contributed by atoms with Crippen LogP contribution in [0.5, 0.6) is 5.75 Å². The van der Waals surface area contributed by atoms with E-state index >= 15 is 0 Å². The number of anilines is 1. The van der Waals surface area contributed by atoms with Gasteiger partial charge in [-0.25, -0.2) is 13.4 Å². The number of nitrogens with zero attached hydrogens (tertiary/aromatic N) is 2. The maximum Gasteiger partial charge on any atom is 0.244 e. The normalized spacial score (nSPS) is 15.1. The summed E-state index contributed by atoms with van der Waals surface area (Å²) in [7, 11) is -1.98. The Morgan fingerprint density at radius 1 is 1.24 bits per heavy atom. The minimum Gasteiger partial charge on any atom is -0.495 e. The zero-order valence-electron chi connectivity index (χ0n) is 15.9. The van der Waals surface area contributed by atoms with Crippen molar-refractivity contribution in [2.24, 2.45) is 0 Å². The Morgan fingerprint density at radius 3 is 2.62 bits per heavy atom. The van der Waals surface area contributed by atoms with E-state index < -0.39 is 10.0 Å². The van der Waals surface area contributed by atoms with E-state index in [1.54, 1.807) is 30.3 Å². The van der Waals surface area contributed by atoms with Gasteiger partial charge in [0.2, 0.25) is 15.9 Å². The van der Waals surface area contributed by atoms with Crippen LogP contribution in [0.4, 0.5) is 5.69 Å². The van der Waals surface area contributed by atoms with Crippen molar-refractivity contribution in [1.82, 2.24) is 9.29 Å². The van der Waals surface area contributed by atoms with Gasteiger partial charge >= 0.3 is 0 Å². The highest BCUT2D eigenvalue weighted by Gasteiger charge is 2.26. The van der Waals surface area contributed by atoms with Crippen molar-refractivity contribution in [2.45, 2.75) is 29.2 Å². The molecule has 2 heterocycles. The van der Waals surface area contributed by atoms with Crippen LogP contribution >= 0.6 is 23.4 Å². The molecule has 1 aliphatic heterocycles. The molecule has 0 atom stereocenters. The number of sulfonamides is 1. The summed E-state index contributed by atoms with van der Waals surface area (Å²) in [6, 6.07) is 8.15. The number of ether oxygens (including phenoxy) is 1. The van der Waals surface area contributed by atoms with Crippen LogP contribution in [0.3, 0.4) is 0 Å². The van der Waals surface area contributed by atoms with E-state index in [2.05, 4.69) is 10.3 Å². The van der Waals surface area contributed by atoms with Crippen LogP contribution in [0.15, 0.2) is 46.5 Å². The number of hydrogen-bond acceptors (Lipinski definition) is 6. The van der Waals surface area contributed by atoms with Crippen LogP contribution in [-0.4, -0.2) is 49.6 Å². The molecule has 0 radical (unpaired) electrons. The van der Waals surface area contributed by atoms with Crippen LogP contribution in [0.2, 0.25) is 5.02 Å². The molecule has 0 bridgehead atoms. The number of piperidine rings is 1. The van der Waals surface area contributed by atoms with Crippen LogP contribution in [0.25, 0.3) is 0 Å². The van der Waals surface area contributed by atoms with Gasteiger partial charge in [0, 0.05) is 25.0 Å². The Morgan fingerprint density at radius 2 is 2.00 bits per heavy atom. The third kappa shape index (κ3) is 5.63. The number of halogens is 1. The first kappa shape index (κ1) is 21.9. The molecule has 1 aromatic heterocycles. The van der Waals surface area contributed by atoms with Gasteiger partial charge in [-0.3, -0.25) is 4.79 Å². The smallest absolute Gasteiger partial charge is 0.244 e. The molecular weight excluding hydrogens is 434 g/mol. The highest BCUT2D eigenvalue weighted by Crippen LogP contribution is 2.27. The average Bonchev–Trinajstić information content (AvgIpc) is 2.73. The zero-order chi connectivity index (χ0) is 20.9. The van der Waals surface area contributed by atoms with E-state index in [-0.39, 0.29) is 16.6 Å². The first-order valence-corrected chi connectivity index (χ1v) is 11.9. The molecular formula is C19H22ClN3O4S2. The van der Waals surface area contributed by atoms with E-state index in [0.29, 0.717) is 34.6 Å². The zero-order valence-corrected chi connectivity index (χ0v) is 18.3. The lowest BCUT2D eigenvalue weighted by Crippen LogP contribution is -2.35. The second-order valence-corrected chi connectivity index (χ2v) is 9.82. The van der Waals surface area contributed by atoms with Crippen molar-refractivity contribution in [2.75, 3.05) is 31.3 Å². The second kappa shape index (κ2) is 9.80. The molecule has 1 fully saturated rings. The summed E-state index contributed by atoms with van der Waals surface area (Å²) >= 11 is 7.27. The van der Waals surface area contributed by atoms with Crippen LogP contribution < -0.4 is 10.1 Å². The number of methoxy groups -OCH3 is 1. The fourth-order valence-electron chi connectivity index (χ4n) is 2.94. The third-order valence-corrected chi connectivity index (χ3v) is 7.57. The first-order chi connectivity index (χ1) is 13.9. The lowest BCUT2D eigenvalue weighted by molar-refractivity contribution is -0.113. The Kier molecular flexibility index (Phi) is 7.39. The third-order valence-electron chi connectivity index (χ3n) is 4.45. The molecule has 7 nitrogen and oxygen atoms in total. The number of benzene rings is 1. The van der Waals surface area contributed by atoms with Gasteiger partial charge in [0.25, 0.3) is 0 Å². The summed E-state index contributed by atoms with van der Waals surface area (Å²) in [5, 5.41) is 3.73. The molecule has 156 valence electrons. The van der Waals surface area contributed by atoms with Gasteiger partial charge in [-0.1, -0.05) is 29.8 Å². The quantitative estimate of drug-likeness (QED) is 0.641. The van der Waals surface area contributed by atoms with E-state index in [1.165, 1.54) is 29.4 Å². The maximum atomic E-state index is 12.6. The molecule has 1 aromatic carbocycles. The van der Waals surface area contributed by atoms with E-state index in [4.69, 9.17) is 16.3 Å². The second-order valence-electron chi connectivity index (χ2n) is 6.48. The van der Waals surface area contributed by atoms with Crippen molar-refractivity contribution < 1.29 is 17.9 Å². The molecule has 0 unspecified atom stereocenters. The fourth-order valence-corrected chi connectivity index (χ4v) is 5.30. The van der Waals surface area contributed by atoms with Gasteiger partial charge in [0.05, 0.1) is 22.9 Å². The van der Waals surface area contributed by atoms with Crippen molar-refractivity contribution in [3.05, 3.63) is 41.6 Å². The lowest BCUT2D eigenvalue weighted by atomic mass is 10.2. The molecule has 1 N–H and O–H groups in total. The van der Waals surface area contributed by atoms with Crippen molar-refractivity contribution in [3.8, 4) is 5.75 Å². The van der Waals surface area contributed by atoms with Crippen LogP contribution in [-0.2, 0) is 14.8 Å². The number of rotatable bonds is 7. The molecule has 0 saturated carbocycles. The molecule has 0 spiro atoms. The molecule has 1 aliphatic rings. The van der Waals surface area contributed by atoms with E-state index in [1.807, 2.05) is 0 Å². The van der Waals surface area contributed by atoms with Crippen molar-refractivity contribution >= 4 is 45.0 Å². The van der Waals surface area contributed by atoms with Crippen LogP contribution in [0, 0.1) is 0 Å². The standard InChI is InChI=1S/C19H22ClN3O4S2/c1-27-17-7-5-14(11-16(17)20)22-18(24)13-28-19-8-6-15(12-21-19)29(25,26)23-9-3-2-4-10-23/h5-8,11-12H,2-4,9-10,13H2,1H3,(H,22,24). The summed E-state index contributed by atoms with van der Waals surface area (Å²) in [5.74, 6) is 0.445. The molecule has 10 heteroatoms. The Hall–Kier alpha value is -1.81. The first-order valence-electron chi connectivity index (χ1n) is 9.12. The van der Waals surface area contributed by atoms with E-state index in [9.17, 15) is 13.2 Å². The largest absolute Gasteiger partial charge is 0.495 e. The van der Waals surface area contributed by atoms with E-state index in [0.717, 1.165) is 19.3 Å². The maximum absolute atomic E-state index is 12.6. The van der Waals surface area contributed by atoms with Crippen molar-refractivity contribution in [3.63, 3.8) is 0 Å². The van der Waals surface area contributed by atoms with Gasteiger partial charge in [-0.05, 0) is 43.2 Å². The minimum absolute atomic E-state index is 0.134.